The van der Waals surface area contributed by atoms with E-state index in [1.165, 1.54) is 17.0 Å². The molecule has 11 nitrogen and oxygen atoms in total. The number of benzene rings is 4. The molecule has 2 amide bonds. The lowest BCUT2D eigenvalue weighted by Gasteiger charge is -2.47. The summed E-state index contributed by atoms with van der Waals surface area (Å²) >= 11 is 0. The van der Waals surface area contributed by atoms with Crippen LogP contribution >= 0.6 is 0 Å². The van der Waals surface area contributed by atoms with Gasteiger partial charge in [-0.1, -0.05) is 60.7 Å². The van der Waals surface area contributed by atoms with Gasteiger partial charge in [0, 0.05) is 48.8 Å². The Hall–Kier alpha value is -5.78. The molecule has 5 aromatic rings. The van der Waals surface area contributed by atoms with E-state index in [2.05, 4.69) is 15.6 Å². The van der Waals surface area contributed by atoms with Crippen molar-refractivity contribution in [1.82, 2.24) is 20.5 Å². The number of aliphatic hydroxyl groups excluding tert-OH is 1. The minimum Gasteiger partial charge on any atom is -0.506 e. The molecule has 6 N–H and O–H groups in total. The molecule has 4 aromatic carbocycles. The molecule has 0 aliphatic carbocycles. The molecule has 0 saturated carbocycles. The third kappa shape index (κ3) is 7.08. The van der Waals surface area contributed by atoms with Gasteiger partial charge in [-0.15, -0.1) is 0 Å². The van der Waals surface area contributed by atoms with Crippen molar-refractivity contribution in [1.29, 1.82) is 0 Å². The van der Waals surface area contributed by atoms with Crippen LogP contribution in [0.3, 0.4) is 0 Å². The number of pyridine rings is 1. The number of aromatic hydroxyl groups is 1. The van der Waals surface area contributed by atoms with Gasteiger partial charge in [-0.05, 0) is 71.6 Å². The fourth-order valence-corrected chi connectivity index (χ4v) is 6.13. The van der Waals surface area contributed by atoms with Crippen molar-refractivity contribution < 1.29 is 29.7 Å². The van der Waals surface area contributed by atoms with Crippen LogP contribution in [0.1, 0.15) is 49.1 Å². The van der Waals surface area contributed by atoms with Crippen molar-refractivity contribution in [3.8, 4) is 5.75 Å². The highest BCUT2D eigenvalue weighted by atomic mass is 16.4. The zero-order valence-electron chi connectivity index (χ0n) is 26.6. The molecule has 1 saturated heterocycles. The number of aromatic amines is 1. The standard InChI is InChI=1S/C38H36N4O7/c43-31-16-14-29(30-15-17-33(45)41-34(30)31)32(44)21-39-19-18-24-6-8-25(9-7-24)20-40-35(46)26-10-12-27(13-11-26)36(47)42-22-38(23-42,37(48)49)28-4-2-1-3-5-28/h1-17,32,39,43-44H,18-23H2,(H,40,46)(H,41,45)(H,48,49). The summed E-state index contributed by atoms with van der Waals surface area (Å²) in [4.78, 5) is 53.6. The highest BCUT2D eigenvalue weighted by Gasteiger charge is 2.52. The van der Waals surface area contributed by atoms with Crippen LogP contribution in [0.25, 0.3) is 10.9 Å². The molecule has 1 atom stereocenters. The third-order valence-corrected chi connectivity index (χ3v) is 9.01. The molecule has 0 bridgehead atoms. The number of nitrogens with one attached hydrogen (secondary N) is 3. The van der Waals surface area contributed by atoms with Crippen LogP contribution in [0.5, 0.6) is 5.75 Å². The number of H-pyrrole nitrogens is 1. The minimum atomic E-state index is -1.12. The Morgan fingerprint density at radius 2 is 1.51 bits per heavy atom. The van der Waals surface area contributed by atoms with E-state index in [1.807, 2.05) is 30.3 Å². The minimum absolute atomic E-state index is 0.0542. The predicted octanol–water partition coefficient (Wildman–Crippen LogP) is 3.51. The summed E-state index contributed by atoms with van der Waals surface area (Å²) in [6.07, 6.45) is -0.120. The first kappa shape index (κ1) is 33.1. The summed E-state index contributed by atoms with van der Waals surface area (Å²) in [5.41, 5.74) is 2.90. The molecule has 11 heteroatoms. The van der Waals surface area contributed by atoms with Gasteiger partial charge in [-0.2, -0.15) is 0 Å². The average Bonchev–Trinajstić information content (AvgIpc) is 3.09. The number of aliphatic hydroxyl groups is 1. The van der Waals surface area contributed by atoms with Crippen LogP contribution in [0, 0.1) is 0 Å². The molecule has 1 aliphatic heterocycles. The SMILES string of the molecule is O=C(NCc1ccc(CCNCC(O)c2ccc(O)c3[nH]c(=O)ccc23)cc1)c1ccc(C(=O)N2CC(C(=O)O)(c3ccccc3)C2)cc1. The predicted molar refractivity (Wildman–Crippen MR) is 183 cm³/mol. The second-order valence-corrected chi connectivity index (χ2v) is 12.2. The van der Waals surface area contributed by atoms with Crippen molar-refractivity contribution in [3.63, 3.8) is 0 Å². The van der Waals surface area contributed by atoms with Gasteiger partial charge < -0.3 is 35.8 Å². The van der Waals surface area contributed by atoms with E-state index in [1.54, 1.807) is 60.7 Å². The molecule has 1 fully saturated rings. The summed E-state index contributed by atoms with van der Waals surface area (Å²) in [6.45, 7) is 1.38. The number of rotatable bonds is 12. The Labute approximate surface area is 281 Å². The molecular formula is C38H36N4O7. The molecule has 6 rings (SSSR count). The molecule has 49 heavy (non-hydrogen) atoms. The summed E-state index contributed by atoms with van der Waals surface area (Å²) < 4.78 is 0. The van der Waals surface area contributed by atoms with Crippen molar-refractivity contribution in [3.05, 3.63) is 147 Å². The van der Waals surface area contributed by atoms with Crippen LogP contribution in [-0.2, 0) is 23.2 Å². The van der Waals surface area contributed by atoms with Crippen LogP contribution < -0.4 is 16.2 Å². The van der Waals surface area contributed by atoms with E-state index < -0.39 is 17.5 Å². The number of fused-ring (bicyclic) bond motifs is 1. The molecule has 1 unspecified atom stereocenters. The van der Waals surface area contributed by atoms with Crippen molar-refractivity contribution >= 4 is 28.7 Å². The average molecular weight is 661 g/mol. The molecule has 2 heterocycles. The van der Waals surface area contributed by atoms with E-state index in [-0.39, 0.29) is 42.8 Å². The Bertz CT molecular complexity index is 2040. The molecule has 1 aromatic heterocycles. The fraction of sp³-hybridized carbons (Fsp3) is 0.211. The summed E-state index contributed by atoms with van der Waals surface area (Å²) in [6, 6.07) is 29.1. The van der Waals surface area contributed by atoms with E-state index in [9.17, 15) is 34.5 Å². The number of hydrogen-bond acceptors (Lipinski definition) is 7. The lowest BCUT2D eigenvalue weighted by atomic mass is 9.73. The Kier molecular flexibility index (Phi) is 9.56. The normalized spacial score (nSPS) is 14.2. The Balaban J connectivity index is 0.944. The Morgan fingerprint density at radius 3 is 2.20 bits per heavy atom. The topological polar surface area (TPSA) is 172 Å². The number of phenolic OH excluding ortho intramolecular Hbond substituents is 1. The van der Waals surface area contributed by atoms with E-state index in [0.717, 1.165) is 17.5 Å². The number of carboxylic acids is 1. The molecule has 0 spiro atoms. The first-order valence-corrected chi connectivity index (χ1v) is 15.9. The highest BCUT2D eigenvalue weighted by molar-refractivity contribution is 5.99. The maximum atomic E-state index is 13.0. The van der Waals surface area contributed by atoms with Crippen molar-refractivity contribution in [2.75, 3.05) is 26.2 Å². The van der Waals surface area contributed by atoms with Crippen molar-refractivity contribution in [2.24, 2.45) is 0 Å². The highest BCUT2D eigenvalue weighted by Crippen LogP contribution is 2.36. The number of phenols is 1. The fourth-order valence-electron chi connectivity index (χ4n) is 6.13. The van der Waals surface area contributed by atoms with E-state index >= 15 is 0 Å². The van der Waals surface area contributed by atoms with Gasteiger partial charge in [0.25, 0.3) is 11.8 Å². The van der Waals surface area contributed by atoms with Crippen LogP contribution in [0.4, 0.5) is 0 Å². The molecule has 250 valence electrons. The number of amides is 2. The molecule has 1 aliphatic rings. The van der Waals surface area contributed by atoms with Gasteiger partial charge in [0.15, 0.2) is 0 Å². The van der Waals surface area contributed by atoms with E-state index in [4.69, 9.17) is 0 Å². The van der Waals surface area contributed by atoms with Crippen LogP contribution in [-0.4, -0.2) is 69.2 Å². The zero-order valence-corrected chi connectivity index (χ0v) is 26.6. The Morgan fingerprint density at radius 1 is 0.837 bits per heavy atom. The number of carbonyl (C=O) groups is 3. The van der Waals surface area contributed by atoms with Gasteiger partial charge in [0.2, 0.25) is 5.56 Å². The lowest BCUT2D eigenvalue weighted by Crippen LogP contribution is -2.65. The van der Waals surface area contributed by atoms with Crippen molar-refractivity contribution in [2.45, 2.75) is 24.5 Å². The number of carboxylic acid groups (broad SMARTS) is 1. The first-order valence-electron chi connectivity index (χ1n) is 15.9. The number of hydrogen-bond donors (Lipinski definition) is 6. The maximum absolute atomic E-state index is 13.0. The smallest absolute Gasteiger partial charge is 0.317 e. The second kappa shape index (κ2) is 14.1. The second-order valence-electron chi connectivity index (χ2n) is 12.2. The van der Waals surface area contributed by atoms with E-state index in [0.29, 0.717) is 46.2 Å². The molecule has 0 radical (unpaired) electrons. The summed E-state index contributed by atoms with van der Waals surface area (Å²) in [5.74, 6) is -1.58. The first-order chi connectivity index (χ1) is 23.6. The number of aliphatic carboxylic acids is 1. The quantitative estimate of drug-likeness (QED) is 0.110. The summed E-state index contributed by atoms with van der Waals surface area (Å²) in [7, 11) is 0. The van der Waals surface area contributed by atoms with Gasteiger partial charge in [-0.3, -0.25) is 19.2 Å². The summed E-state index contributed by atoms with van der Waals surface area (Å²) in [5, 5.41) is 37.4. The van der Waals surface area contributed by atoms with Gasteiger partial charge >= 0.3 is 5.97 Å². The zero-order chi connectivity index (χ0) is 34.5. The van der Waals surface area contributed by atoms with Crippen LogP contribution in [0.2, 0.25) is 0 Å². The monoisotopic (exact) mass is 660 g/mol. The van der Waals surface area contributed by atoms with Gasteiger partial charge in [-0.25, -0.2) is 0 Å². The van der Waals surface area contributed by atoms with Gasteiger partial charge in [0.1, 0.15) is 11.2 Å². The van der Waals surface area contributed by atoms with Crippen LogP contribution in [0.15, 0.2) is 108 Å². The number of aromatic nitrogens is 1. The molecular weight excluding hydrogens is 624 g/mol. The number of likely N-dealkylation sites (tertiary alicyclic amines) is 1. The largest absolute Gasteiger partial charge is 0.506 e. The maximum Gasteiger partial charge on any atom is 0.317 e. The third-order valence-electron chi connectivity index (χ3n) is 9.01. The number of nitrogens with zero attached hydrogens (tertiary/aromatic N) is 1. The lowest BCUT2D eigenvalue weighted by molar-refractivity contribution is -0.149. The van der Waals surface area contributed by atoms with Gasteiger partial charge in [0.05, 0.1) is 11.6 Å². The number of carbonyl (C=O) groups excluding carboxylic acids is 2.